The summed E-state index contributed by atoms with van der Waals surface area (Å²) >= 11 is 0. The van der Waals surface area contributed by atoms with Gasteiger partial charge in [-0.15, -0.1) is 0 Å². The van der Waals surface area contributed by atoms with Crippen LogP contribution in [-0.2, 0) is 9.53 Å². The van der Waals surface area contributed by atoms with Crippen LogP contribution in [0.1, 0.15) is 30.3 Å². The third-order valence-electron chi connectivity index (χ3n) is 4.67. The average Bonchev–Trinajstić information content (AvgIpc) is 2.72. The minimum Gasteiger partial charge on any atom is -0.466 e. The van der Waals surface area contributed by atoms with Crippen molar-refractivity contribution in [2.75, 3.05) is 7.11 Å². The molecular formula is C19H18N4O6. The number of ether oxygens (including phenoxy) is 1. The summed E-state index contributed by atoms with van der Waals surface area (Å²) in [6, 6.07) is 11.3. The van der Waals surface area contributed by atoms with E-state index in [9.17, 15) is 25.0 Å². The molecule has 29 heavy (non-hydrogen) atoms. The minimum absolute atomic E-state index is 0.0287. The van der Waals surface area contributed by atoms with Crippen LogP contribution in [0, 0.1) is 20.2 Å². The Labute approximate surface area is 165 Å². The van der Waals surface area contributed by atoms with Gasteiger partial charge in [-0.2, -0.15) is 0 Å². The maximum absolute atomic E-state index is 12.4. The lowest BCUT2D eigenvalue weighted by Gasteiger charge is -2.35. The lowest BCUT2D eigenvalue weighted by atomic mass is 9.93. The number of allylic oxidation sites excluding steroid dienone is 1. The number of nitrogens with one attached hydrogen (secondary N) is 2. The van der Waals surface area contributed by atoms with E-state index >= 15 is 0 Å². The Morgan fingerprint density at radius 1 is 0.931 bits per heavy atom. The summed E-state index contributed by atoms with van der Waals surface area (Å²) in [4.78, 5) is 33.2. The molecule has 10 heteroatoms. The number of carbonyl (C=O) groups excluding carboxylic acids is 1. The van der Waals surface area contributed by atoms with Gasteiger partial charge in [0.15, 0.2) is 0 Å². The van der Waals surface area contributed by atoms with Crippen LogP contribution in [0.4, 0.5) is 11.4 Å². The van der Waals surface area contributed by atoms with E-state index in [4.69, 9.17) is 4.74 Å². The number of non-ortho nitro benzene ring substituents is 2. The molecule has 0 aromatic heterocycles. The van der Waals surface area contributed by atoms with Crippen LogP contribution in [0.15, 0.2) is 59.8 Å². The van der Waals surface area contributed by atoms with Crippen molar-refractivity contribution < 1.29 is 19.4 Å². The molecule has 2 aromatic carbocycles. The van der Waals surface area contributed by atoms with Crippen molar-refractivity contribution in [3.8, 4) is 0 Å². The van der Waals surface area contributed by atoms with Crippen molar-refractivity contribution in [3.63, 3.8) is 0 Å². The Balaban J connectivity index is 1.99. The Bertz CT molecular complexity index is 985. The quantitative estimate of drug-likeness (QED) is 0.446. The van der Waals surface area contributed by atoms with Crippen molar-refractivity contribution in [3.05, 3.63) is 91.2 Å². The van der Waals surface area contributed by atoms with Gasteiger partial charge in [-0.3, -0.25) is 25.5 Å². The molecule has 0 spiro atoms. The number of nitro benzene ring substituents is 2. The van der Waals surface area contributed by atoms with Gasteiger partial charge >= 0.3 is 5.97 Å². The molecule has 1 heterocycles. The van der Waals surface area contributed by atoms with Crippen LogP contribution in [0.25, 0.3) is 0 Å². The van der Waals surface area contributed by atoms with Gasteiger partial charge in [-0.1, -0.05) is 12.1 Å². The number of hydrogen-bond donors (Lipinski definition) is 2. The van der Waals surface area contributed by atoms with Gasteiger partial charge in [-0.05, 0) is 30.2 Å². The molecule has 1 aliphatic heterocycles. The van der Waals surface area contributed by atoms with Crippen LogP contribution in [0.5, 0.6) is 0 Å². The molecule has 10 nitrogen and oxygen atoms in total. The summed E-state index contributed by atoms with van der Waals surface area (Å²) in [5.41, 5.74) is 2.20. The summed E-state index contributed by atoms with van der Waals surface area (Å²) in [5.74, 6) is -0.534. The molecule has 0 fully saturated rings. The van der Waals surface area contributed by atoms with Crippen LogP contribution >= 0.6 is 0 Å². The van der Waals surface area contributed by atoms with Crippen molar-refractivity contribution in [2.45, 2.75) is 19.1 Å². The van der Waals surface area contributed by atoms with Gasteiger partial charge in [0.1, 0.15) is 6.17 Å². The summed E-state index contributed by atoms with van der Waals surface area (Å²) in [5, 5.41) is 28.2. The van der Waals surface area contributed by atoms with Gasteiger partial charge in [-0.25, -0.2) is 4.79 Å². The number of nitrogens with zero attached hydrogens (tertiary/aromatic N) is 2. The Hall–Kier alpha value is -3.79. The number of rotatable bonds is 5. The molecule has 3 rings (SSSR count). The van der Waals surface area contributed by atoms with Gasteiger partial charge in [0, 0.05) is 30.0 Å². The monoisotopic (exact) mass is 398 g/mol. The molecule has 2 N–H and O–H groups in total. The number of nitro groups is 2. The highest BCUT2D eigenvalue weighted by Crippen LogP contribution is 2.33. The van der Waals surface area contributed by atoms with E-state index in [1.807, 2.05) is 0 Å². The second-order valence-corrected chi connectivity index (χ2v) is 6.40. The molecular weight excluding hydrogens is 380 g/mol. The fraction of sp³-hybridized carbons (Fsp3) is 0.211. The zero-order chi connectivity index (χ0) is 21.1. The Morgan fingerprint density at radius 2 is 1.41 bits per heavy atom. The summed E-state index contributed by atoms with van der Waals surface area (Å²) in [6.45, 7) is 1.73. The van der Waals surface area contributed by atoms with E-state index < -0.39 is 28.0 Å². The first-order valence-corrected chi connectivity index (χ1v) is 8.62. The molecule has 0 radical (unpaired) electrons. The van der Waals surface area contributed by atoms with E-state index in [1.54, 1.807) is 31.2 Å². The molecule has 0 aliphatic carbocycles. The molecule has 2 aromatic rings. The number of hydrogen-bond acceptors (Lipinski definition) is 8. The molecule has 2 atom stereocenters. The molecule has 0 unspecified atom stereocenters. The molecule has 0 saturated carbocycles. The van der Waals surface area contributed by atoms with Crippen LogP contribution in [0.2, 0.25) is 0 Å². The van der Waals surface area contributed by atoms with Gasteiger partial charge in [0.2, 0.25) is 0 Å². The highest BCUT2D eigenvalue weighted by molar-refractivity contribution is 5.91. The predicted molar refractivity (Wildman–Crippen MR) is 103 cm³/mol. The minimum atomic E-state index is -0.593. The van der Waals surface area contributed by atoms with Crippen molar-refractivity contribution in [1.29, 1.82) is 0 Å². The first-order chi connectivity index (χ1) is 13.8. The van der Waals surface area contributed by atoms with Crippen molar-refractivity contribution >= 4 is 17.3 Å². The number of carbonyl (C=O) groups is 1. The van der Waals surface area contributed by atoms with Crippen LogP contribution in [-0.4, -0.2) is 22.9 Å². The van der Waals surface area contributed by atoms with E-state index in [1.165, 1.54) is 31.4 Å². The lowest BCUT2D eigenvalue weighted by molar-refractivity contribution is -0.385. The van der Waals surface area contributed by atoms with E-state index in [-0.39, 0.29) is 11.4 Å². The van der Waals surface area contributed by atoms with Crippen molar-refractivity contribution in [1.82, 2.24) is 10.6 Å². The van der Waals surface area contributed by atoms with Crippen LogP contribution in [0.3, 0.4) is 0 Å². The maximum Gasteiger partial charge on any atom is 0.337 e. The smallest absolute Gasteiger partial charge is 0.337 e. The summed E-state index contributed by atoms with van der Waals surface area (Å²) in [6.07, 6.45) is -0.440. The topological polar surface area (TPSA) is 137 Å². The number of methoxy groups -OCH3 is 1. The zero-order valence-electron chi connectivity index (χ0n) is 15.6. The van der Waals surface area contributed by atoms with Crippen molar-refractivity contribution in [2.24, 2.45) is 0 Å². The Kier molecular flexibility index (Phi) is 5.55. The first-order valence-electron chi connectivity index (χ1n) is 8.62. The maximum atomic E-state index is 12.4. The van der Waals surface area contributed by atoms with E-state index in [0.29, 0.717) is 16.8 Å². The molecule has 150 valence electrons. The average molecular weight is 398 g/mol. The predicted octanol–water partition coefficient (Wildman–Crippen LogP) is 2.88. The molecule has 0 saturated heterocycles. The molecule has 0 amide bonds. The molecule has 0 bridgehead atoms. The zero-order valence-corrected chi connectivity index (χ0v) is 15.6. The second kappa shape index (κ2) is 8.07. The fourth-order valence-electron chi connectivity index (χ4n) is 3.20. The number of esters is 1. The standard InChI is InChI=1S/C19H18N4O6/c1-11-16(19(24)29-2)17(12-3-7-14(8-4-12)22(25)26)21-18(20-11)13-5-9-15(10-6-13)23(27)28/h3-10,17-18,20-21H,1-2H3/t17-,18+/m1/s1. The van der Waals surface area contributed by atoms with E-state index in [0.717, 1.165) is 5.56 Å². The highest BCUT2D eigenvalue weighted by atomic mass is 16.6. The first kappa shape index (κ1) is 20.0. The van der Waals surface area contributed by atoms with Crippen LogP contribution < -0.4 is 10.6 Å². The second-order valence-electron chi connectivity index (χ2n) is 6.40. The third-order valence-corrected chi connectivity index (χ3v) is 4.67. The highest BCUT2D eigenvalue weighted by Gasteiger charge is 2.33. The number of benzene rings is 2. The van der Waals surface area contributed by atoms with Gasteiger partial charge < -0.3 is 10.1 Å². The van der Waals surface area contributed by atoms with E-state index in [2.05, 4.69) is 10.6 Å². The summed E-state index contributed by atoms with van der Waals surface area (Å²) < 4.78 is 4.90. The van der Waals surface area contributed by atoms with Gasteiger partial charge in [0.05, 0.1) is 28.6 Å². The Morgan fingerprint density at radius 3 is 1.86 bits per heavy atom. The van der Waals surface area contributed by atoms with Gasteiger partial charge in [0.25, 0.3) is 11.4 Å². The lowest BCUT2D eigenvalue weighted by Crippen LogP contribution is -2.44. The fourth-order valence-corrected chi connectivity index (χ4v) is 3.20. The summed E-state index contributed by atoms with van der Waals surface area (Å²) in [7, 11) is 1.28. The SMILES string of the molecule is COC(=O)C1=C(C)N[C@H](c2ccc([N+](=O)[O-])cc2)N[C@@H]1c1ccc([N+](=O)[O-])cc1. The molecule has 1 aliphatic rings. The largest absolute Gasteiger partial charge is 0.466 e. The normalized spacial score (nSPS) is 18.7. The third kappa shape index (κ3) is 4.06.